The first kappa shape index (κ1) is 13.0. The molecular weight excluding hydrogens is 234 g/mol. The van der Waals surface area contributed by atoms with E-state index in [9.17, 15) is 5.11 Å². The van der Waals surface area contributed by atoms with Crippen LogP contribution in [-0.4, -0.2) is 22.6 Å². The molecule has 2 heteroatoms. The second-order valence-corrected chi connectivity index (χ2v) is 6.06. The maximum Gasteiger partial charge on any atom is 0.115 e. The molecule has 2 aliphatic rings. The molecule has 1 fully saturated rings. The highest BCUT2D eigenvalue weighted by Gasteiger charge is 2.31. The first-order valence-electron chi connectivity index (χ1n) is 7.87. The molecule has 1 aromatic carbocycles. The maximum atomic E-state index is 9.67. The summed E-state index contributed by atoms with van der Waals surface area (Å²) < 4.78 is 0. The van der Waals surface area contributed by atoms with Crippen molar-refractivity contribution in [3.05, 3.63) is 29.3 Å². The van der Waals surface area contributed by atoms with Gasteiger partial charge in [-0.3, -0.25) is 4.90 Å². The summed E-state index contributed by atoms with van der Waals surface area (Å²) in [6, 6.07) is 7.36. The van der Waals surface area contributed by atoms with Gasteiger partial charge in [0.25, 0.3) is 0 Å². The van der Waals surface area contributed by atoms with Gasteiger partial charge in [0.2, 0.25) is 0 Å². The molecule has 1 unspecified atom stereocenters. The number of aryl methyl sites for hydroxylation is 1. The number of phenolic OH excluding ortho intramolecular Hbond substituents is 1. The molecule has 0 spiro atoms. The molecule has 1 saturated carbocycles. The van der Waals surface area contributed by atoms with Crippen LogP contribution in [0, 0.1) is 0 Å². The van der Waals surface area contributed by atoms with Crippen LogP contribution in [0.3, 0.4) is 0 Å². The van der Waals surface area contributed by atoms with E-state index in [1.165, 1.54) is 49.7 Å². The number of rotatable bonds is 3. The molecule has 0 aliphatic heterocycles. The van der Waals surface area contributed by atoms with Gasteiger partial charge in [-0.2, -0.15) is 0 Å². The van der Waals surface area contributed by atoms with Crippen molar-refractivity contribution in [3.8, 4) is 5.75 Å². The van der Waals surface area contributed by atoms with Gasteiger partial charge in [-0.1, -0.05) is 25.8 Å². The summed E-state index contributed by atoms with van der Waals surface area (Å²) >= 11 is 0. The Balaban J connectivity index is 1.88. The number of benzene rings is 1. The topological polar surface area (TPSA) is 23.5 Å². The lowest BCUT2D eigenvalue weighted by atomic mass is 9.86. The van der Waals surface area contributed by atoms with Gasteiger partial charge in [0.15, 0.2) is 0 Å². The number of phenols is 1. The van der Waals surface area contributed by atoms with Crippen molar-refractivity contribution in [2.24, 2.45) is 0 Å². The Morgan fingerprint density at radius 2 is 1.95 bits per heavy atom. The molecule has 2 nitrogen and oxygen atoms in total. The van der Waals surface area contributed by atoms with Gasteiger partial charge in [0.05, 0.1) is 0 Å². The zero-order valence-corrected chi connectivity index (χ0v) is 11.9. The molecule has 0 heterocycles. The molecule has 0 aromatic heterocycles. The number of aromatic hydroxyl groups is 1. The summed E-state index contributed by atoms with van der Waals surface area (Å²) in [5.41, 5.74) is 2.84. The minimum Gasteiger partial charge on any atom is -0.508 e. The van der Waals surface area contributed by atoms with Crippen molar-refractivity contribution in [1.82, 2.24) is 4.90 Å². The van der Waals surface area contributed by atoms with E-state index in [1.807, 2.05) is 12.1 Å². The lowest BCUT2D eigenvalue weighted by molar-refractivity contribution is 0.129. The van der Waals surface area contributed by atoms with Crippen LogP contribution in [0.5, 0.6) is 5.75 Å². The molecule has 104 valence electrons. The Morgan fingerprint density at radius 1 is 1.16 bits per heavy atom. The Morgan fingerprint density at radius 3 is 2.68 bits per heavy atom. The Labute approximate surface area is 116 Å². The zero-order valence-electron chi connectivity index (χ0n) is 11.9. The van der Waals surface area contributed by atoms with Crippen molar-refractivity contribution in [3.63, 3.8) is 0 Å². The second kappa shape index (κ2) is 5.54. The van der Waals surface area contributed by atoms with Gasteiger partial charge in [0.1, 0.15) is 5.75 Å². The molecule has 2 aliphatic carbocycles. The van der Waals surface area contributed by atoms with Gasteiger partial charge < -0.3 is 5.11 Å². The summed E-state index contributed by atoms with van der Waals surface area (Å²) in [7, 11) is 0. The first-order chi connectivity index (χ1) is 9.29. The van der Waals surface area contributed by atoms with Gasteiger partial charge >= 0.3 is 0 Å². The van der Waals surface area contributed by atoms with E-state index >= 15 is 0 Å². The van der Waals surface area contributed by atoms with E-state index in [-0.39, 0.29) is 0 Å². The third-order valence-electron chi connectivity index (χ3n) is 4.97. The van der Waals surface area contributed by atoms with E-state index in [0.717, 1.165) is 19.0 Å². The molecule has 19 heavy (non-hydrogen) atoms. The third-order valence-corrected chi connectivity index (χ3v) is 4.97. The SMILES string of the molecule is CCN(C1CCCC1)C1CCCc2cc(O)ccc21. The van der Waals surface area contributed by atoms with E-state index in [2.05, 4.69) is 17.9 Å². The fourth-order valence-corrected chi connectivity index (χ4v) is 4.09. The largest absolute Gasteiger partial charge is 0.508 e. The third kappa shape index (κ3) is 2.51. The summed E-state index contributed by atoms with van der Waals surface area (Å²) in [5, 5.41) is 9.67. The van der Waals surface area contributed by atoms with Crippen LogP contribution in [0.1, 0.15) is 62.6 Å². The summed E-state index contributed by atoms with van der Waals surface area (Å²) in [4.78, 5) is 2.72. The predicted octanol–water partition coefficient (Wildman–Crippen LogP) is 4.03. The number of fused-ring (bicyclic) bond motifs is 1. The predicted molar refractivity (Wildman–Crippen MR) is 78.4 cm³/mol. The van der Waals surface area contributed by atoms with Crippen molar-refractivity contribution in [2.75, 3.05) is 6.54 Å². The maximum absolute atomic E-state index is 9.67. The highest BCUT2D eigenvalue weighted by Crippen LogP contribution is 2.39. The minimum atomic E-state index is 0.420. The van der Waals surface area contributed by atoms with Crippen LogP contribution in [0.4, 0.5) is 0 Å². The van der Waals surface area contributed by atoms with Crippen molar-refractivity contribution >= 4 is 0 Å². The fraction of sp³-hybridized carbons (Fsp3) is 0.647. The van der Waals surface area contributed by atoms with Crippen molar-refractivity contribution < 1.29 is 5.11 Å². The Hall–Kier alpha value is -1.02. The molecule has 0 saturated heterocycles. The fourth-order valence-electron chi connectivity index (χ4n) is 4.09. The van der Waals surface area contributed by atoms with E-state index in [4.69, 9.17) is 0 Å². The van der Waals surface area contributed by atoms with E-state index in [0.29, 0.717) is 11.8 Å². The van der Waals surface area contributed by atoms with Crippen molar-refractivity contribution in [2.45, 2.75) is 64.0 Å². The number of hydrogen-bond acceptors (Lipinski definition) is 2. The Kier molecular flexibility index (Phi) is 3.79. The minimum absolute atomic E-state index is 0.420. The quantitative estimate of drug-likeness (QED) is 0.885. The molecule has 1 atom stereocenters. The highest BCUT2D eigenvalue weighted by molar-refractivity contribution is 5.38. The molecule has 0 radical (unpaired) electrons. The Bertz CT molecular complexity index is 437. The van der Waals surface area contributed by atoms with Gasteiger partial charge in [-0.05, 0) is 61.9 Å². The molecule has 1 aromatic rings. The second-order valence-electron chi connectivity index (χ2n) is 6.06. The first-order valence-corrected chi connectivity index (χ1v) is 7.87. The molecule has 0 bridgehead atoms. The van der Waals surface area contributed by atoms with Crippen LogP contribution >= 0.6 is 0 Å². The van der Waals surface area contributed by atoms with E-state index in [1.54, 1.807) is 0 Å². The van der Waals surface area contributed by atoms with Crippen LogP contribution in [-0.2, 0) is 6.42 Å². The van der Waals surface area contributed by atoms with Gasteiger partial charge in [-0.15, -0.1) is 0 Å². The smallest absolute Gasteiger partial charge is 0.115 e. The normalized spacial score (nSPS) is 23.8. The zero-order chi connectivity index (χ0) is 13.2. The monoisotopic (exact) mass is 259 g/mol. The van der Waals surface area contributed by atoms with Crippen LogP contribution in [0.2, 0.25) is 0 Å². The van der Waals surface area contributed by atoms with Gasteiger partial charge in [-0.25, -0.2) is 0 Å². The van der Waals surface area contributed by atoms with Crippen molar-refractivity contribution in [1.29, 1.82) is 0 Å². The molecule has 3 rings (SSSR count). The van der Waals surface area contributed by atoms with E-state index < -0.39 is 0 Å². The molecule has 1 N–H and O–H groups in total. The number of hydrogen-bond donors (Lipinski definition) is 1. The van der Waals surface area contributed by atoms with Crippen LogP contribution in [0.15, 0.2) is 18.2 Å². The van der Waals surface area contributed by atoms with Crippen LogP contribution in [0.25, 0.3) is 0 Å². The molecular formula is C17H25NO. The lowest BCUT2D eigenvalue weighted by Gasteiger charge is -2.39. The summed E-state index contributed by atoms with van der Waals surface area (Å²) in [5.74, 6) is 0.420. The average Bonchev–Trinajstić information content (AvgIpc) is 2.93. The number of nitrogens with zero attached hydrogens (tertiary/aromatic N) is 1. The lowest BCUT2D eigenvalue weighted by Crippen LogP contribution is -2.38. The van der Waals surface area contributed by atoms with Gasteiger partial charge in [0, 0.05) is 12.1 Å². The standard InChI is InChI=1S/C17H25NO/c1-2-18(14-7-3-4-8-14)17-9-5-6-13-12-15(19)10-11-16(13)17/h10-12,14,17,19H,2-9H2,1H3. The van der Waals surface area contributed by atoms with Crippen LogP contribution < -0.4 is 0 Å². The summed E-state index contributed by atoms with van der Waals surface area (Å²) in [6.07, 6.45) is 9.21. The molecule has 0 amide bonds. The highest BCUT2D eigenvalue weighted by atomic mass is 16.3. The average molecular weight is 259 g/mol. The summed E-state index contributed by atoms with van der Waals surface area (Å²) in [6.45, 7) is 3.45.